The maximum Gasteiger partial charge on any atom is 0.271 e. The van der Waals surface area contributed by atoms with Crippen LogP contribution >= 0.6 is 0 Å². The Bertz CT molecular complexity index is 1020. The molecule has 1 atom stereocenters. The maximum atomic E-state index is 12.6. The van der Waals surface area contributed by atoms with Crippen molar-refractivity contribution in [1.82, 2.24) is 25.4 Å². The fourth-order valence-corrected chi connectivity index (χ4v) is 3.84. The lowest BCUT2D eigenvalue weighted by molar-refractivity contribution is 0.0950. The molecule has 1 saturated carbocycles. The SMILES string of the molecule is COc1ccccc1C1CNC(=O)c2nc(-c3noc(C4CCC4)n3)[nH]c2C1. The van der Waals surface area contributed by atoms with E-state index in [1.807, 2.05) is 24.3 Å². The summed E-state index contributed by atoms with van der Waals surface area (Å²) in [5.74, 6) is 2.57. The highest BCUT2D eigenvalue weighted by atomic mass is 16.5. The molecule has 0 saturated heterocycles. The van der Waals surface area contributed by atoms with Crippen molar-refractivity contribution < 1.29 is 14.1 Å². The molecule has 2 aromatic heterocycles. The minimum absolute atomic E-state index is 0.0745. The number of carbonyl (C=O) groups excluding carboxylic acids is 1. The van der Waals surface area contributed by atoms with E-state index in [1.165, 1.54) is 6.42 Å². The summed E-state index contributed by atoms with van der Waals surface area (Å²) in [5, 5.41) is 7.02. The molecule has 2 N–H and O–H groups in total. The molecule has 2 aliphatic rings. The number of nitrogens with zero attached hydrogens (tertiary/aromatic N) is 3. The summed E-state index contributed by atoms with van der Waals surface area (Å²) in [6.07, 6.45) is 4.00. The zero-order chi connectivity index (χ0) is 19.1. The number of hydrogen-bond acceptors (Lipinski definition) is 6. The van der Waals surface area contributed by atoms with Gasteiger partial charge in [-0.25, -0.2) is 4.98 Å². The first-order valence-electron chi connectivity index (χ1n) is 9.57. The van der Waals surface area contributed by atoms with Gasteiger partial charge in [-0.05, 0) is 30.9 Å². The lowest BCUT2D eigenvalue weighted by Crippen LogP contribution is -2.26. The van der Waals surface area contributed by atoms with Crippen molar-refractivity contribution in [3.05, 3.63) is 47.1 Å². The molecule has 5 rings (SSSR count). The van der Waals surface area contributed by atoms with Crippen LogP contribution in [0.5, 0.6) is 5.75 Å². The zero-order valence-corrected chi connectivity index (χ0v) is 15.6. The second-order valence-corrected chi connectivity index (χ2v) is 7.35. The predicted octanol–water partition coefficient (Wildman–Crippen LogP) is 2.81. The average Bonchev–Trinajstić information content (AvgIpc) is 3.28. The van der Waals surface area contributed by atoms with Crippen LogP contribution in [0.3, 0.4) is 0 Å². The van der Waals surface area contributed by atoms with Crippen molar-refractivity contribution in [2.75, 3.05) is 13.7 Å². The number of methoxy groups -OCH3 is 1. The molecule has 1 amide bonds. The van der Waals surface area contributed by atoms with Crippen molar-refractivity contribution >= 4 is 5.91 Å². The summed E-state index contributed by atoms with van der Waals surface area (Å²) in [6, 6.07) is 7.88. The van der Waals surface area contributed by atoms with Gasteiger partial charge in [0.25, 0.3) is 5.91 Å². The van der Waals surface area contributed by atoms with Crippen LogP contribution in [0.2, 0.25) is 0 Å². The third-order valence-corrected chi connectivity index (χ3v) is 5.64. The summed E-state index contributed by atoms with van der Waals surface area (Å²) in [4.78, 5) is 24.8. The molecule has 28 heavy (non-hydrogen) atoms. The number of ether oxygens (including phenoxy) is 1. The summed E-state index contributed by atoms with van der Waals surface area (Å²) < 4.78 is 10.9. The zero-order valence-electron chi connectivity index (χ0n) is 15.6. The van der Waals surface area contributed by atoms with Crippen LogP contribution in [0, 0.1) is 0 Å². The van der Waals surface area contributed by atoms with Crippen molar-refractivity contribution in [1.29, 1.82) is 0 Å². The minimum Gasteiger partial charge on any atom is -0.496 e. The van der Waals surface area contributed by atoms with Crippen LogP contribution in [0.1, 0.15) is 58.7 Å². The molecule has 8 nitrogen and oxygen atoms in total. The van der Waals surface area contributed by atoms with Gasteiger partial charge >= 0.3 is 0 Å². The lowest BCUT2D eigenvalue weighted by Gasteiger charge is -2.20. The molecule has 0 bridgehead atoms. The molecule has 3 heterocycles. The Balaban J connectivity index is 1.46. The first-order chi connectivity index (χ1) is 13.7. The fourth-order valence-electron chi connectivity index (χ4n) is 3.84. The van der Waals surface area contributed by atoms with Gasteiger partial charge in [0, 0.05) is 24.1 Å². The smallest absolute Gasteiger partial charge is 0.271 e. The van der Waals surface area contributed by atoms with Crippen molar-refractivity contribution in [2.24, 2.45) is 0 Å². The van der Waals surface area contributed by atoms with Gasteiger partial charge in [0.15, 0.2) is 5.82 Å². The summed E-state index contributed by atoms with van der Waals surface area (Å²) >= 11 is 0. The second-order valence-electron chi connectivity index (χ2n) is 7.35. The minimum atomic E-state index is -0.197. The van der Waals surface area contributed by atoms with Gasteiger partial charge in [0.2, 0.25) is 11.7 Å². The molecule has 1 aliphatic carbocycles. The summed E-state index contributed by atoms with van der Waals surface area (Å²) in [5.41, 5.74) is 2.22. The van der Waals surface area contributed by atoms with E-state index in [-0.39, 0.29) is 11.8 Å². The number of nitrogens with one attached hydrogen (secondary N) is 2. The van der Waals surface area contributed by atoms with Crippen LogP contribution in [-0.4, -0.2) is 39.7 Å². The number of benzene rings is 1. The van der Waals surface area contributed by atoms with Crippen LogP contribution in [-0.2, 0) is 6.42 Å². The third-order valence-electron chi connectivity index (χ3n) is 5.64. The first-order valence-corrected chi connectivity index (χ1v) is 9.57. The Morgan fingerprint density at radius 2 is 2.04 bits per heavy atom. The molecule has 0 spiro atoms. The molecule has 0 radical (unpaired) electrons. The number of para-hydroxylation sites is 1. The second kappa shape index (κ2) is 6.78. The van der Waals surface area contributed by atoms with E-state index in [2.05, 4.69) is 25.4 Å². The summed E-state index contributed by atoms with van der Waals surface area (Å²) in [6.45, 7) is 0.521. The van der Waals surface area contributed by atoms with Gasteiger partial charge in [-0.3, -0.25) is 4.79 Å². The van der Waals surface area contributed by atoms with Gasteiger partial charge in [-0.1, -0.05) is 29.8 Å². The highest BCUT2D eigenvalue weighted by molar-refractivity contribution is 5.94. The monoisotopic (exact) mass is 379 g/mol. The van der Waals surface area contributed by atoms with Crippen molar-refractivity contribution in [2.45, 2.75) is 37.5 Å². The van der Waals surface area contributed by atoms with Gasteiger partial charge in [-0.2, -0.15) is 4.98 Å². The Kier molecular flexibility index (Phi) is 4.11. The van der Waals surface area contributed by atoms with Crippen molar-refractivity contribution in [3.63, 3.8) is 0 Å². The highest BCUT2D eigenvalue weighted by Gasteiger charge is 2.30. The van der Waals surface area contributed by atoms with Crippen LogP contribution in [0.4, 0.5) is 0 Å². The normalized spacial score (nSPS) is 19.5. The molecular formula is C20H21N5O3. The number of hydrogen-bond donors (Lipinski definition) is 2. The average molecular weight is 379 g/mol. The maximum absolute atomic E-state index is 12.6. The van der Waals surface area contributed by atoms with Gasteiger partial charge in [0.05, 0.1) is 7.11 Å². The van der Waals surface area contributed by atoms with Gasteiger partial charge in [0.1, 0.15) is 11.4 Å². The lowest BCUT2D eigenvalue weighted by atomic mass is 9.85. The Morgan fingerprint density at radius 1 is 1.18 bits per heavy atom. The predicted molar refractivity (Wildman–Crippen MR) is 100 cm³/mol. The molecule has 144 valence electrons. The number of rotatable bonds is 4. The van der Waals surface area contributed by atoms with Crippen LogP contribution in [0.15, 0.2) is 28.8 Å². The van der Waals surface area contributed by atoms with E-state index in [4.69, 9.17) is 9.26 Å². The number of H-pyrrole nitrogens is 1. The number of amides is 1. The molecule has 3 aromatic rings. The van der Waals surface area contributed by atoms with Gasteiger partial charge < -0.3 is 19.6 Å². The standard InChI is InChI=1S/C20H21N5O3/c1-27-15-8-3-2-7-13(15)12-9-14-16(19(26)21-10-12)23-17(22-14)18-24-20(28-25-18)11-5-4-6-11/h2-3,7-8,11-12H,4-6,9-10H2,1H3,(H,21,26)(H,22,23). The number of aromatic nitrogens is 4. The van der Waals surface area contributed by atoms with Gasteiger partial charge in [-0.15, -0.1) is 0 Å². The van der Waals surface area contributed by atoms with Crippen molar-refractivity contribution in [3.8, 4) is 17.4 Å². The van der Waals surface area contributed by atoms with E-state index in [1.54, 1.807) is 7.11 Å². The number of aromatic amines is 1. The van der Waals surface area contributed by atoms with E-state index in [9.17, 15) is 4.79 Å². The fraction of sp³-hybridized carbons (Fsp3) is 0.400. The largest absolute Gasteiger partial charge is 0.496 e. The first kappa shape index (κ1) is 17.0. The Labute approximate surface area is 161 Å². The quantitative estimate of drug-likeness (QED) is 0.722. The third kappa shape index (κ3) is 2.85. The van der Waals surface area contributed by atoms with Crippen LogP contribution in [0.25, 0.3) is 11.6 Å². The highest BCUT2D eigenvalue weighted by Crippen LogP contribution is 2.36. The Morgan fingerprint density at radius 3 is 2.82 bits per heavy atom. The van der Waals surface area contributed by atoms with E-state index >= 15 is 0 Å². The molecule has 1 unspecified atom stereocenters. The molecular weight excluding hydrogens is 358 g/mol. The van der Waals surface area contributed by atoms with E-state index in [0.717, 1.165) is 29.8 Å². The number of fused-ring (bicyclic) bond motifs is 1. The van der Waals surface area contributed by atoms with E-state index in [0.29, 0.717) is 42.1 Å². The summed E-state index contributed by atoms with van der Waals surface area (Å²) in [7, 11) is 1.66. The topological polar surface area (TPSA) is 106 Å². The van der Waals surface area contributed by atoms with E-state index < -0.39 is 0 Å². The molecule has 1 aromatic carbocycles. The Hall–Kier alpha value is -3.16. The molecule has 1 aliphatic heterocycles. The van der Waals surface area contributed by atoms with Crippen LogP contribution < -0.4 is 10.1 Å². The number of imidazole rings is 1. The number of carbonyl (C=O) groups is 1. The molecule has 8 heteroatoms. The molecule has 1 fully saturated rings.